The van der Waals surface area contributed by atoms with Crippen molar-refractivity contribution in [3.8, 4) is 0 Å². The molecule has 15 heavy (non-hydrogen) atoms. The predicted octanol–water partition coefficient (Wildman–Crippen LogP) is 1.39. The van der Waals surface area contributed by atoms with Gasteiger partial charge in [-0.3, -0.25) is 0 Å². The Morgan fingerprint density at radius 1 is 1.60 bits per heavy atom. The summed E-state index contributed by atoms with van der Waals surface area (Å²) in [6, 6.07) is 1.86. The molecule has 2 rings (SSSR count). The molecule has 0 aliphatic carbocycles. The van der Waals surface area contributed by atoms with Gasteiger partial charge in [-0.2, -0.15) is 0 Å². The number of pyridine rings is 1. The molecule has 0 radical (unpaired) electrons. The molecule has 0 unspecified atom stereocenters. The van der Waals surface area contributed by atoms with E-state index in [9.17, 15) is 4.79 Å². The zero-order valence-corrected chi connectivity index (χ0v) is 8.50. The summed E-state index contributed by atoms with van der Waals surface area (Å²) < 4.78 is 4.68. The Labute approximate surface area is 86.5 Å². The highest BCUT2D eigenvalue weighted by Gasteiger charge is 2.14. The number of ether oxygens (including phenoxy) is 1. The highest BCUT2D eigenvalue weighted by molar-refractivity contribution is 6.04. The molecule has 2 heterocycles. The summed E-state index contributed by atoms with van der Waals surface area (Å²) in [5.41, 5.74) is 1.91. The number of H-pyrrole nitrogens is 1. The fourth-order valence-corrected chi connectivity index (χ4v) is 1.54. The van der Waals surface area contributed by atoms with Gasteiger partial charge in [0, 0.05) is 24.8 Å². The average Bonchev–Trinajstić information content (AvgIpc) is 2.74. The molecule has 0 aromatic carbocycles. The van der Waals surface area contributed by atoms with Crippen LogP contribution < -0.4 is 5.32 Å². The zero-order valence-electron chi connectivity index (χ0n) is 8.50. The molecule has 0 spiro atoms. The summed E-state index contributed by atoms with van der Waals surface area (Å²) in [5.74, 6) is -0.394. The van der Waals surface area contributed by atoms with Crippen LogP contribution in [0.1, 0.15) is 10.4 Å². The molecule has 0 saturated carbocycles. The lowest BCUT2D eigenvalue weighted by atomic mass is 10.2. The van der Waals surface area contributed by atoms with Crippen LogP contribution in [0, 0.1) is 0 Å². The van der Waals surface area contributed by atoms with Gasteiger partial charge in [0.25, 0.3) is 0 Å². The Bertz CT molecular complexity index is 504. The van der Waals surface area contributed by atoms with Crippen LogP contribution in [0.2, 0.25) is 0 Å². The largest absolute Gasteiger partial charge is 0.465 e. The predicted molar refractivity (Wildman–Crippen MR) is 57.0 cm³/mol. The fourth-order valence-electron chi connectivity index (χ4n) is 1.54. The Morgan fingerprint density at radius 3 is 3.07 bits per heavy atom. The maximum atomic E-state index is 11.4. The number of carbonyl (C=O) groups excluding carboxylic acids is 1. The Morgan fingerprint density at radius 2 is 2.40 bits per heavy atom. The van der Waals surface area contributed by atoms with Crippen molar-refractivity contribution >= 4 is 22.7 Å². The van der Waals surface area contributed by atoms with Gasteiger partial charge < -0.3 is 15.0 Å². The number of fused-ring (bicyclic) bond motifs is 1. The number of methoxy groups -OCH3 is 1. The van der Waals surface area contributed by atoms with Crippen LogP contribution in [0.5, 0.6) is 0 Å². The molecule has 5 nitrogen and oxygen atoms in total. The average molecular weight is 205 g/mol. The monoisotopic (exact) mass is 205 g/mol. The first-order valence-electron chi connectivity index (χ1n) is 4.50. The molecular weight excluding hydrogens is 194 g/mol. The van der Waals surface area contributed by atoms with E-state index < -0.39 is 5.97 Å². The molecule has 0 amide bonds. The van der Waals surface area contributed by atoms with Crippen molar-refractivity contribution in [1.82, 2.24) is 9.97 Å². The number of hydrogen-bond donors (Lipinski definition) is 2. The van der Waals surface area contributed by atoms with Crippen LogP contribution in [-0.2, 0) is 4.74 Å². The first kappa shape index (κ1) is 9.51. The van der Waals surface area contributed by atoms with E-state index in [1.807, 2.05) is 6.07 Å². The normalized spacial score (nSPS) is 10.3. The van der Waals surface area contributed by atoms with Gasteiger partial charge in [-0.25, -0.2) is 9.78 Å². The Kier molecular flexibility index (Phi) is 2.29. The Balaban J connectivity index is 2.69. The molecule has 78 valence electrons. The van der Waals surface area contributed by atoms with E-state index in [1.54, 1.807) is 13.2 Å². The molecule has 0 saturated heterocycles. The third-order valence-corrected chi connectivity index (χ3v) is 2.24. The molecule has 0 atom stereocenters. The molecule has 0 fully saturated rings. The lowest BCUT2D eigenvalue weighted by molar-refractivity contribution is 0.0601. The van der Waals surface area contributed by atoms with Gasteiger partial charge in [-0.1, -0.05) is 0 Å². The van der Waals surface area contributed by atoms with Crippen molar-refractivity contribution < 1.29 is 9.53 Å². The van der Waals surface area contributed by atoms with Crippen LogP contribution in [0.15, 0.2) is 18.5 Å². The highest BCUT2D eigenvalue weighted by atomic mass is 16.5. The van der Waals surface area contributed by atoms with Crippen molar-refractivity contribution in [3.05, 3.63) is 24.0 Å². The third-order valence-electron chi connectivity index (χ3n) is 2.24. The molecule has 0 bridgehead atoms. The zero-order chi connectivity index (χ0) is 10.8. The smallest absolute Gasteiger partial charge is 0.341 e. The number of esters is 1. The van der Waals surface area contributed by atoms with Crippen molar-refractivity contribution in [2.75, 3.05) is 19.5 Å². The number of nitrogens with zero attached hydrogens (tertiary/aromatic N) is 1. The van der Waals surface area contributed by atoms with Gasteiger partial charge in [0.1, 0.15) is 11.2 Å². The summed E-state index contributed by atoms with van der Waals surface area (Å²) in [6.45, 7) is 0. The first-order valence-corrected chi connectivity index (χ1v) is 4.50. The number of nitrogens with one attached hydrogen (secondary N) is 2. The third kappa shape index (κ3) is 1.41. The number of aromatic amines is 1. The van der Waals surface area contributed by atoms with E-state index in [0.29, 0.717) is 5.56 Å². The maximum absolute atomic E-state index is 11.4. The second-order valence-electron chi connectivity index (χ2n) is 3.03. The summed E-state index contributed by atoms with van der Waals surface area (Å²) in [5, 5.41) is 3.85. The first-order chi connectivity index (χ1) is 7.27. The molecule has 2 N–H and O–H groups in total. The molecule has 0 aliphatic heterocycles. The van der Waals surface area contributed by atoms with Crippen LogP contribution in [0.25, 0.3) is 11.0 Å². The van der Waals surface area contributed by atoms with E-state index in [2.05, 4.69) is 20.0 Å². The minimum absolute atomic E-state index is 0.394. The molecule has 2 aromatic heterocycles. The van der Waals surface area contributed by atoms with Crippen LogP contribution in [0.4, 0.5) is 5.69 Å². The number of aromatic nitrogens is 2. The fraction of sp³-hybridized carbons (Fsp3) is 0.200. The summed E-state index contributed by atoms with van der Waals surface area (Å²) in [4.78, 5) is 18.5. The number of anilines is 1. The standard InChI is InChI=1S/C10H11N3O2/c1-11-8-6-3-4-12-9(6)13-5-7(8)10(14)15-2/h3-5H,1-2H3,(H2,11,12,13). The van der Waals surface area contributed by atoms with Crippen molar-refractivity contribution in [2.45, 2.75) is 0 Å². The second kappa shape index (κ2) is 3.61. The summed E-state index contributed by atoms with van der Waals surface area (Å²) in [7, 11) is 3.11. The van der Waals surface area contributed by atoms with Gasteiger partial charge in [0.2, 0.25) is 0 Å². The summed E-state index contributed by atoms with van der Waals surface area (Å²) >= 11 is 0. The number of rotatable bonds is 2. The van der Waals surface area contributed by atoms with Gasteiger partial charge >= 0.3 is 5.97 Å². The van der Waals surface area contributed by atoms with Gasteiger partial charge in [-0.15, -0.1) is 0 Å². The molecule has 2 aromatic rings. The lowest BCUT2D eigenvalue weighted by Crippen LogP contribution is -2.06. The van der Waals surface area contributed by atoms with Crippen molar-refractivity contribution in [1.29, 1.82) is 0 Å². The van der Waals surface area contributed by atoms with E-state index >= 15 is 0 Å². The molecular formula is C10H11N3O2. The number of carbonyl (C=O) groups is 1. The highest BCUT2D eigenvalue weighted by Crippen LogP contribution is 2.25. The molecule has 5 heteroatoms. The van der Waals surface area contributed by atoms with Crippen molar-refractivity contribution in [3.63, 3.8) is 0 Å². The van der Waals surface area contributed by atoms with Gasteiger partial charge in [-0.05, 0) is 6.07 Å². The molecule has 0 aliphatic rings. The Hall–Kier alpha value is -2.04. The maximum Gasteiger partial charge on any atom is 0.341 e. The minimum Gasteiger partial charge on any atom is -0.465 e. The van der Waals surface area contributed by atoms with E-state index in [0.717, 1.165) is 16.7 Å². The van der Waals surface area contributed by atoms with Crippen molar-refractivity contribution in [2.24, 2.45) is 0 Å². The second-order valence-corrected chi connectivity index (χ2v) is 3.03. The van der Waals surface area contributed by atoms with Crippen LogP contribution in [-0.4, -0.2) is 30.1 Å². The van der Waals surface area contributed by atoms with E-state index in [-0.39, 0.29) is 0 Å². The van der Waals surface area contributed by atoms with Crippen LogP contribution >= 0.6 is 0 Å². The number of hydrogen-bond acceptors (Lipinski definition) is 4. The van der Waals surface area contributed by atoms with Gasteiger partial charge in [0.15, 0.2) is 0 Å². The SMILES string of the molecule is CNc1c(C(=O)OC)cnc2[nH]ccc12. The lowest BCUT2D eigenvalue weighted by Gasteiger charge is -2.07. The van der Waals surface area contributed by atoms with E-state index in [1.165, 1.54) is 13.3 Å². The summed E-state index contributed by atoms with van der Waals surface area (Å²) in [6.07, 6.45) is 3.27. The minimum atomic E-state index is -0.394. The van der Waals surface area contributed by atoms with Gasteiger partial charge in [0.05, 0.1) is 12.8 Å². The van der Waals surface area contributed by atoms with Crippen LogP contribution in [0.3, 0.4) is 0 Å². The topological polar surface area (TPSA) is 67.0 Å². The van der Waals surface area contributed by atoms with E-state index in [4.69, 9.17) is 0 Å². The quantitative estimate of drug-likeness (QED) is 0.727.